The van der Waals surface area contributed by atoms with E-state index in [9.17, 15) is 4.79 Å². The maximum absolute atomic E-state index is 11.5. The number of nitrogens with zero attached hydrogens (tertiary/aromatic N) is 1. The monoisotopic (exact) mass is 187 g/mol. The van der Waals surface area contributed by atoms with Gasteiger partial charge in [-0.25, -0.2) is 0 Å². The van der Waals surface area contributed by atoms with Crippen LogP contribution in [0.4, 0.5) is 0 Å². The van der Waals surface area contributed by atoms with Gasteiger partial charge < -0.3 is 14.4 Å². The van der Waals surface area contributed by atoms with Crippen LogP contribution in [0.25, 0.3) is 0 Å². The van der Waals surface area contributed by atoms with E-state index < -0.39 is 0 Å². The highest BCUT2D eigenvalue weighted by Crippen LogP contribution is 2.10. The molecule has 4 nitrogen and oxygen atoms in total. The zero-order valence-electron chi connectivity index (χ0n) is 8.28. The van der Waals surface area contributed by atoms with Crippen LogP contribution >= 0.6 is 0 Å². The molecule has 1 unspecified atom stereocenters. The lowest BCUT2D eigenvalue weighted by molar-refractivity contribution is -0.143. The van der Waals surface area contributed by atoms with Crippen molar-refractivity contribution in [1.82, 2.24) is 4.90 Å². The van der Waals surface area contributed by atoms with Gasteiger partial charge in [0.25, 0.3) is 0 Å². The van der Waals surface area contributed by atoms with Gasteiger partial charge in [0.05, 0.1) is 19.3 Å². The molecule has 0 N–H and O–H groups in total. The Bertz CT molecular complexity index is 172. The zero-order chi connectivity index (χ0) is 9.68. The molecule has 0 radical (unpaired) electrons. The van der Waals surface area contributed by atoms with Crippen molar-refractivity contribution in [2.75, 3.05) is 33.5 Å². The van der Waals surface area contributed by atoms with E-state index in [0.29, 0.717) is 19.8 Å². The number of amides is 1. The third kappa shape index (κ3) is 2.67. The molecule has 0 aromatic carbocycles. The molecular weight excluding hydrogens is 170 g/mol. The molecule has 0 bridgehead atoms. The van der Waals surface area contributed by atoms with Crippen molar-refractivity contribution in [1.29, 1.82) is 0 Å². The second kappa shape index (κ2) is 5.19. The Hall–Kier alpha value is -0.610. The van der Waals surface area contributed by atoms with Crippen LogP contribution in [0.15, 0.2) is 0 Å². The zero-order valence-corrected chi connectivity index (χ0v) is 8.28. The molecule has 0 aliphatic carbocycles. The van der Waals surface area contributed by atoms with Crippen LogP contribution in [0.5, 0.6) is 0 Å². The van der Waals surface area contributed by atoms with Crippen LogP contribution in [0, 0.1) is 0 Å². The van der Waals surface area contributed by atoms with Gasteiger partial charge in [0, 0.05) is 13.7 Å². The molecule has 0 aromatic heterocycles. The van der Waals surface area contributed by atoms with E-state index in [2.05, 4.69) is 6.92 Å². The second-order valence-electron chi connectivity index (χ2n) is 3.16. The van der Waals surface area contributed by atoms with Gasteiger partial charge in [-0.15, -0.1) is 0 Å². The molecule has 1 fully saturated rings. The number of hydrogen-bond acceptors (Lipinski definition) is 3. The Morgan fingerprint density at radius 2 is 2.46 bits per heavy atom. The molecule has 1 amide bonds. The quantitative estimate of drug-likeness (QED) is 0.636. The maximum Gasteiger partial charge on any atom is 0.248 e. The number of ether oxygens (including phenoxy) is 2. The first-order valence-electron chi connectivity index (χ1n) is 4.65. The summed E-state index contributed by atoms with van der Waals surface area (Å²) in [6, 6.07) is 0.233. The molecule has 1 rings (SSSR count). The molecule has 1 atom stereocenters. The molecule has 1 aliphatic heterocycles. The summed E-state index contributed by atoms with van der Waals surface area (Å²) >= 11 is 0. The van der Waals surface area contributed by atoms with Crippen molar-refractivity contribution in [3.8, 4) is 0 Å². The fourth-order valence-electron chi connectivity index (χ4n) is 1.53. The molecule has 0 saturated carbocycles. The fraction of sp³-hybridized carbons (Fsp3) is 0.889. The van der Waals surface area contributed by atoms with Gasteiger partial charge >= 0.3 is 0 Å². The van der Waals surface area contributed by atoms with Crippen LogP contribution in [0.2, 0.25) is 0 Å². The number of carbonyl (C=O) groups excluding carboxylic acids is 1. The lowest BCUT2D eigenvalue weighted by Gasteiger charge is -2.34. The van der Waals surface area contributed by atoms with Crippen molar-refractivity contribution in [3.05, 3.63) is 0 Å². The summed E-state index contributed by atoms with van der Waals surface area (Å²) < 4.78 is 10.1. The summed E-state index contributed by atoms with van der Waals surface area (Å²) in [5.74, 6) is 0.0673. The highest BCUT2D eigenvalue weighted by Gasteiger charge is 2.25. The van der Waals surface area contributed by atoms with Crippen LogP contribution in [-0.2, 0) is 14.3 Å². The van der Waals surface area contributed by atoms with Gasteiger partial charge in [0.1, 0.15) is 6.61 Å². The van der Waals surface area contributed by atoms with E-state index in [4.69, 9.17) is 9.47 Å². The molecule has 76 valence electrons. The number of methoxy groups -OCH3 is 1. The summed E-state index contributed by atoms with van der Waals surface area (Å²) in [7, 11) is 1.54. The molecule has 4 heteroatoms. The molecule has 1 saturated heterocycles. The lowest BCUT2D eigenvalue weighted by atomic mass is 10.2. The van der Waals surface area contributed by atoms with Crippen LogP contribution in [0.1, 0.15) is 13.3 Å². The maximum atomic E-state index is 11.5. The highest BCUT2D eigenvalue weighted by molar-refractivity contribution is 5.77. The number of morpholine rings is 1. The van der Waals surface area contributed by atoms with Gasteiger partial charge in [0.15, 0.2) is 0 Å². The summed E-state index contributed by atoms with van der Waals surface area (Å²) in [4.78, 5) is 13.4. The average molecular weight is 187 g/mol. The SMILES string of the molecule is CCC1COCCN1C(=O)COC. The van der Waals surface area contributed by atoms with Gasteiger partial charge in [0.2, 0.25) is 5.91 Å². The van der Waals surface area contributed by atoms with Crippen molar-refractivity contribution in [2.45, 2.75) is 19.4 Å². The predicted molar refractivity (Wildman–Crippen MR) is 48.5 cm³/mol. The van der Waals surface area contributed by atoms with Gasteiger partial charge in [-0.1, -0.05) is 6.92 Å². The van der Waals surface area contributed by atoms with Gasteiger partial charge in [-0.05, 0) is 6.42 Å². The second-order valence-corrected chi connectivity index (χ2v) is 3.16. The standard InChI is InChI=1S/C9H17NO3/c1-3-8-6-13-5-4-10(8)9(11)7-12-2/h8H,3-7H2,1-2H3. The Balaban J connectivity index is 2.48. The molecule has 1 heterocycles. The highest BCUT2D eigenvalue weighted by atomic mass is 16.5. The first-order chi connectivity index (χ1) is 6.29. The first kappa shape index (κ1) is 10.5. The van der Waals surface area contributed by atoms with Crippen LogP contribution in [0.3, 0.4) is 0 Å². The summed E-state index contributed by atoms with van der Waals surface area (Å²) in [5, 5.41) is 0. The van der Waals surface area contributed by atoms with E-state index in [0.717, 1.165) is 6.42 Å². The molecule has 1 aliphatic rings. The summed E-state index contributed by atoms with van der Waals surface area (Å²) in [6.07, 6.45) is 0.940. The molecular formula is C9H17NO3. The topological polar surface area (TPSA) is 38.8 Å². The van der Waals surface area contributed by atoms with E-state index in [1.54, 1.807) is 7.11 Å². The molecule has 13 heavy (non-hydrogen) atoms. The van der Waals surface area contributed by atoms with Crippen molar-refractivity contribution in [2.24, 2.45) is 0 Å². The third-order valence-corrected chi connectivity index (χ3v) is 2.29. The Kier molecular flexibility index (Phi) is 4.18. The van der Waals surface area contributed by atoms with Gasteiger partial charge in [-0.3, -0.25) is 4.79 Å². The van der Waals surface area contributed by atoms with E-state index in [-0.39, 0.29) is 18.6 Å². The fourth-order valence-corrected chi connectivity index (χ4v) is 1.53. The minimum atomic E-state index is 0.0673. The Labute approximate surface area is 78.8 Å². The first-order valence-corrected chi connectivity index (χ1v) is 4.65. The van der Waals surface area contributed by atoms with Crippen LogP contribution in [-0.4, -0.2) is 50.3 Å². The number of carbonyl (C=O) groups is 1. The lowest BCUT2D eigenvalue weighted by Crippen LogP contribution is -2.49. The van der Waals surface area contributed by atoms with E-state index >= 15 is 0 Å². The summed E-state index contributed by atoms with van der Waals surface area (Å²) in [6.45, 7) is 4.24. The van der Waals surface area contributed by atoms with Crippen molar-refractivity contribution < 1.29 is 14.3 Å². The smallest absolute Gasteiger partial charge is 0.248 e. The van der Waals surface area contributed by atoms with Gasteiger partial charge in [-0.2, -0.15) is 0 Å². The van der Waals surface area contributed by atoms with Crippen molar-refractivity contribution in [3.63, 3.8) is 0 Å². The van der Waals surface area contributed by atoms with Crippen LogP contribution < -0.4 is 0 Å². The normalized spacial score (nSPS) is 23.2. The summed E-state index contributed by atoms with van der Waals surface area (Å²) in [5.41, 5.74) is 0. The Morgan fingerprint density at radius 1 is 1.69 bits per heavy atom. The average Bonchev–Trinajstić information content (AvgIpc) is 2.18. The minimum Gasteiger partial charge on any atom is -0.377 e. The Morgan fingerprint density at radius 3 is 3.08 bits per heavy atom. The minimum absolute atomic E-state index is 0.0673. The van der Waals surface area contributed by atoms with Crippen molar-refractivity contribution >= 4 is 5.91 Å². The third-order valence-electron chi connectivity index (χ3n) is 2.29. The largest absolute Gasteiger partial charge is 0.377 e. The molecule has 0 aromatic rings. The van der Waals surface area contributed by atoms with E-state index in [1.165, 1.54) is 0 Å². The number of rotatable bonds is 3. The number of hydrogen-bond donors (Lipinski definition) is 0. The van der Waals surface area contributed by atoms with E-state index in [1.807, 2.05) is 4.90 Å². The molecule has 0 spiro atoms. The predicted octanol–water partition coefficient (Wildman–Crippen LogP) is 0.270.